The van der Waals surface area contributed by atoms with Crippen LogP contribution in [0.4, 0.5) is 5.69 Å². The molecule has 0 saturated heterocycles. The van der Waals surface area contributed by atoms with Gasteiger partial charge in [-0.25, -0.2) is 9.63 Å². The summed E-state index contributed by atoms with van der Waals surface area (Å²) in [5.41, 5.74) is 3.54. The molecule has 1 aromatic rings. The third-order valence-electron chi connectivity index (χ3n) is 2.36. The maximum atomic E-state index is 10.7. The average Bonchev–Trinajstić information content (AvgIpc) is 2.81. The molecule has 0 aromatic heterocycles. The van der Waals surface area contributed by atoms with Gasteiger partial charge in [0.1, 0.15) is 0 Å². The third-order valence-corrected chi connectivity index (χ3v) is 3.10. The second-order valence-electron chi connectivity index (χ2n) is 3.78. The Kier molecular flexibility index (Phi) is 4.16. The number of carboxylic acids is 1. The molecule has 6 nitrogen and oxygen atoms in total. The van der Waals surface area contributed by atoms with Crippen molar-refractivity contribution >= 4 is 34.9 Å². The molecule has 1 aromatic carbocycles. The molecule has 1 unspecified atom stereocenters. The van der Waals surface area contributed by atoms with E-state index in [-0.39, 0.29) is 0 Å². The fourth-order valence-corrected chi connectivity index (χ4v) is 1.65. The van der Waals surface area contributed by atoms with Crippen LogP contribution >= 0.6 is 23.2 Å². The number of nitrogens with zero attached hydrogens (tertiary/aromatic N) is 2. The number of halogens is 2. The van der Waals surface area contributed by atoms with E-state index in [4.69, 9.17) is 33.1 Å². The summed E-state index contributed by atoms with van der Waals surface area (Å²) in [5, 5.41) is 12.4. The summed E-state index contributed by atoms with van der Waals surface area (Å²) in [5.74, 6) is -1.05. The molecule has 0 radical (unpaired) electrons. The Balaban J connectivity index is 2.01. The average molecular weight is 304 g/mol. The maximum Gasteiger partial charge on any atom is 0.335 e. The zero-order valence-electron chi connectivity index (χ0n) is 9.88. The van der Waals surface area contributed by atoms with Crippen molar-refractivity contribution in [2.24, 2.45) is 0 Å². The monoisotopic (exact) mass is 303 g/mol. The van der Waals surface area contributed by atoms with E-state index < -0.39 is 12.1 Å². The Labute approximate surface area is 119 Å². The van der Waals surface area contributed by atoms with Gasteiger partial charge in [0.05, 0.1) is 21.9 Å². The van der Waals surface area contributed by atoms with Crippen LogP contribution in [0, 0.1) is 0 Å². The largest absolute Gasteiger partial charge is 0.479 e. The highest BCUT2D eigenvalue weighted by Gasteiger charge is 2.20. The van der Waals surface area contributed by atoms with E-state index in [0.29, 0.717) is 10.0 Å². The Morgan fingerprint density at radius 3 is 2.74 bits per heavy atom. The number of nitrogens with one attached hydrogen (secondary N) is 1. The molecule has 19 heavy (non-hydrogen) atoms. The van der Waals surface area contributed by atoms with Crippen molar-refractivity contribution < 1.29 is 14.7 Å². The van der Waals surface area contributed by atoms with Crippen LogP contribution in [0.25, 0.3) is 0 Å². The summed E-state index contributed by atoms with van der Waals surface area (Å²) in [6.07, 6.45) is 2.24. The lowest BCUT2D eigenvalue weighted by Crippen LogP contribution is -2.42. The quantitative estimate of drug-likeness (QED) is 0.890. The van der Waals surface area contributed by atoms with Crippen LogP contribution in [0.5, 0.6) is 0 Å². The first-order valence-electron chi connectivity index (χ1n) is 5.35. The minimum absolute atomic E-state index is 0.424. The number of rotatable bonds is 4. The maximum absolute atomic E-state index is 10.7. The van der Waals surface area contributed by atoms with Crippen LogP contribution in [-0.4, -0.2) is 22.4 Å². The molecule has 1 heterocycles. The molecule has 0 bridgehead atoms. The van der Waals surface area contributed by atoms with Crippen LogP contribution in [0.2, 0.25) is 10.0 Å². The smallest absolute Gasteiger partial charge is 0.335 e. The number of anilines is 1. The van der Waals surface area contributed by atoms with Crippen molar-refractivity contribution in [2.75, 3.05) is 5.01 Å². The second-order valence-corrected chi connectivity index (χ2v) is 4.59. The van der Waals surface area contributed by atoms with Crippen molar-refractivity contribution in [3.05, 3.63) is 40.6 Å². The molecule has 0 amide bonds. The van der Waals surface area contributed by atoms with Gasteiger partial charge in [-0.2, -0.15) is 5.17 Å². The summed E-state index contributed by atoms with van der Waals surface area (Å²) < 4.78 is 0. The van der Waals surface area contributed by atoms with Gasteiger partial charge in [0, 0.05) is 6.20 Å². The number of carbonyl (C=O) groups is 1. The first-order chi connectivity index (χ1) is 8.97. The summed E-state index contributed by atoms with van der Waals surface area (Å²) in [6, 6.07) is 5.10. The molecular weight excluding hydrogens is 293 g/mol. The molecule has 1 atom stereocenters. The Bertz CT molecular complexity index is 524. The number of hydrazine groups is 2. The van der Waals surface area contributed by atoms with Crippen LogP contribution in [0.3, 0.4) is 0 Å². The summed E-state index contributed by atoms with van der Waals surface area (Å²) in [4.78, 5) is 15.8. The highest BCUT2D eigenvalue weighted by atomic mass is 35.5. The van der Waals surface area contributed by atoms with E-state index >= 15 is 0 Å². The predicted octanol–water partition coefficient (Wildman–Crippen LogP) is 2.41. The molecule has 1 aliphatic heterocycles. The molecule has 1 aliphatic rings. The lowest BCUT2D eigenvalue weighted by atomic mass is 10.3. The number of carboxylic acid groups (broad SMARTS) is 1. The Morgan fingerprint density at radius 2 is 2.11 bits per heavy atom. The van der Waals surface area contributed by atoms with Crippen LogP contribution < -0.4 is 10.5 Å². The first-order valence-corrected chi connectivity index (χ1v) is 6.10. The fourth-order valence-electron chi connectivity index (χ4n) is 1.35. The molecular formula is C11H11Cl2N3O3. The van der Waals surface area contributed by atoms with Crippen LogP contribution in [-0.2, 0) is 9.63 Å². The van der Waals surface area contributed by atoms with Crippen LogP contribution in [0.1, 0.15) is 6.92 Å². The van der Waals surface area contributed by atoms with Gasteiger partial charge >= 0.3 is 5.97 Å². The van der Waals surface area contributed by atoms with Gasteiger partial charge in [-0.1, -0.05) is 23.2 Å². The molecule has 0 spiro atoms. The third kappa shape index (κ3) is 3.30. The Hall–Kier alpha value is -1.47. The number of benzene rings is 1. The van der Waals surface area contributed by atoms with Gasteiger partial charge < -0.3 is 5.11 Å². The lowest BCUT2D eigenvalue weighted by molar-refractivity contribution is -0.201. The molecule has 0 saturated carbocycles. The van der Waals surface area contributed by atoms with E-state index in [1.165, 1.54) is 12.1 Å². The van der Waals surface area contributed by atoms with E-state index in [0.717, 1.165) is 5.69 Å². The van der Waals surface area contributed by atoms with Gasteiger partial charge in [0.25, 0.3) is 0 Å². The van der Waals surface area contributed by atoms with Gasteiger partial charge in [-0.05, 0) is 25.1 Å². The number of hydrogen-bond acceptors (Lipinski definition) is 5. The number of aliphatic carboxylic acids is 1. The molecule has 2 rings (SSSR count). The van der Waals surface area contributed by atoms with Crippen molar-refractivity contribution in [3.8, 4) is 0 Å². The van der Waals surface area contributed by atoms with E-state index in [1.54, 1.807) is 35.6 Å². The molecule has 102 valence electrons. The highest BCUT2D eigenvalue weighted by molar-refractivity contribution is 6.42. The van der Waals surface area contributed by atoms with Gasteiger partial charge in [-0.15, -0.1) is 5.53 Å². The SMILES string of the molecule is CC(ON1C=CN(c2ccc(Cl)c(Cl)c2)N1)C(=O)O. The summed E-state index contributed by atoms with van der Waals surface area (Å²) in [6.45, 7) is 1.43. The molecule has 0 aliphatic carbocycles. The first kappa shape index (κ1) is 14.0. The van der Waals surface area contributed by atoms with Crippen molar-refractivity contribution in [3.63, 3.8) is 0 Å². The van der Waals surface area contributed by atoms with Crippen molar-refractivity contribution in [1.82, 2.24) is 10.7 Å². The Morgan fingerprint density at radius 1 is 1.37 bits per heavy atom. The topological polar surface area (TPSA) is 65.0 Å². The van der Waals surface area contributed by atoms with E-state index in [2.05, 4.69) is 5.53 Å². The summed E-state index contributed by atoms with van der Waals surface area (Å²) >= 11 is 11.8. The van der Waals surface area contributed by atoms with Gasteiger partial charge in [0.2, 0.25) is 0 Å². The van der Waals surface area contributed by atoms with Crippen LogP contribution in [0.15, 0.2) is 30.6 Å². The predicted molar refractivity (Wildman–Crippen MR) is 71.2 cm³/mol. The molecule has 8 heteroatoms. The van der Waals surface area contributed by atoms with Gasteiger partial charge in [0.15, 0.2) is 6.10 Å². The summed E-state index contributed by atoms with van der Waals surface area (Å²) in [7, 11) is 0. The fraction of sp³-hybridized carbons (Fsp3) is 0.182. The lowest BCUT2D eigenvalue weighted by Gasteiger charge is -2.23. The minimum atomic E-state index is -1.05. The van der Waals surface area contributed by atoms with E-state index in [1.807, 2.05) is 0 Å². The normalized spacial score (nSPS) is 15.9. The van der Waals surface area contributed by atoms with Crippen molar-refractivity contribution in [1.29, 1.82) is 0 Å². The molecule has 0 fully saturated rings. The zero-order chi connectivity index (χ0) is 14.0. The minimum Gasteiger partial charge on any atom is -0.479 e. The van der Waals surface area contributed by atoms with E-state index in [9.17, 15) is 4.79 Å². The standard InChI is InChI=1S/C11H11Cl2N3O3/c1-7(11(17)18)19-16-5-4-15(14-16)8-2-3-9(12)10(13)6-8/h2-7,14H,1H3,(H,17,18). The zero-order valence-corrected chi connectivity index (χ0v) is 11.4. The highest BCUT2D eigenvalue weighted by Crippen LogP contribution is 2.27. The molecule has 2 N–H and O–H groups in total. The number of hydrogen-bond donors (Lipinski definition) is 2. The number of hydroxylamine groups is 1. The second kappa shape index (κ2) is 5.66. The van der Waals surface area contributed by atoms with Gasteiger partial charge in [-0.3, -0.25) is 5.01 Å². The van der Waals surface area contributed by atoms with Crippen molar-refractivity contribution in [2.45, 2.75) is 13.0 Å².